The Balaban J connectivity index is 1.65. The molecule has 178 valence electrons. The first-order chi connectivity index (χ1) is 16.9. The van der Waals surface area contributed by atoms with Crippen molar-refractivity contribution in [1.82, 2.24) is 5.43 Å². The third-order valence-corrected chi connectivity index (χ3v) is 5.13. The van der Waals surface area contributed by atoms with Gasteiger partial charge in [-0.05, 0) is 49.4 Å². The molecule has 0 aliphatic carbocycles. The van der Waals surface area contributed by atoms with Crippen LogP contribution in [0.1, 0.15) is 21.5 Å². The van der Waals surface area contributed by atoms with Gasteiger partial charge in [-0.2, -0.15) is 5.10 Å². The Morgan fingerprint density at radius 3 is 2.49 bits per heavy atom. The number of nitrogens with one attached hydrogen (secondary N) is 3. The normalized spacial score (nSPS) is 10.5. The molecule has 0 aliphatic rings. The number of halogens is 1. The van der Waals surface area contributed by atoms with Crippen molar-refractivity contribution in [3.05, 3.63) is 101 Å². The molecule has 0 saturated heterocycles. The SMILES string of the molecule is C=CCOc1ccc(Br)cc1/C=N\NC(=O)C(=O)Nc1ccccc1C(=O)Nc1ccc(C)cc1. The summed E-state index contributed by atoms with van der Waals surface area (Å²) in [6.07, 6.45) is 2.96. The fraction of sp³-hybridized carbons (Fsp3) is 0.0769. The molecule has 0 bridgehead atoms. The molecule has 3 N–H and O–H groups in total. The lowest BCUT2D eigenvalue weighted by atomic mass is 10.1. The number of nitrogens with zero attached hydrogens (tertiary/aromatic N) is 1. The minimum atomic E-state index is -1.00. The molecule has 0 aliphatic heterocycles. The highest BCUT2D eigenvalue weighted by Crippen LogP contribution is 2.22. The van der Waals surface area contributed by atoms with Crippen molar-refractivity contribution in [2.24, 2.45) is 5.10 Å². The largest absolute Gasteiger partial charge is 0.489 e. The van der Waals surface area contributed by atoms with Crippen molar-refractivity contribution in [1.29, 1.82) is 0 Å². The van der Waals surface area contributed by atoms with Crippen molar-refractivity contribution in [2.45, 2.75) is 6.92 Å². The molecule has 3 aromatic rings. The number of hydrazone groups is 1. The maximum Gasteiger partial charge on any atom is 0.329 e. The lowest BCUT2D eigenvalue weighted by Crippen LogP contribution is -2.33. The zero-order valence-electron chi connectivity index (χ0n) is 18.9. The summed E-state index contributed by atoms with van der Waals surface area (Å²) in [5, 5.41) is 9.07. The zero-order chi connectivity index (χ0) is 25.2. The Labute approximate surface area is 211 Å². The molecule has 35 heavy (non-hydrogen) atoms. The predicted octanol–water partition coefficient (Wildman–Crippen LogP) is 4.66. The first kappa shape index (κ1) is 25.4. The van der Waals surface area contributed by atoms with Crippen LogP contribution in [0.2, 0.25) is 0 Å². The lowest BCUT2D eigenvalue weighted by Gasteiger charge is -2.11. The standard InChI is InChI=1S/C26H23BrN4O4/c1-3-14-35-23-13-10-19(27)15-18(23)16-28-31-26(34)25(33)30-22-7-5-4-6-21(22)24(32)29-20-11-8-17(2)9-12-20/h3-13,15-16H,1,14H2,2H3,(H,29,32)(H,30,33)(H,31,34)/b28-16-. The van der Waals surface area contributed by atoms with E-state index in [1.807, 2.05) is 19.1 Å². The highest BCUT2D eigenvalue weighted by Gasteiger charge is 2.18. The van der Waals surface area contributed by atoms with E-state index in [1.165, 1.54) is 12.3 Å². The summed E-state index contributed by atoms with van der Waals surface area (Å²) in [7, 11) is 0. The molecule has 0 atom stereocenters. The van der Waals surface area contributed by atoms with E-state index in [9.17, 15) is 14.4 Å². The van der Waals surface area contributed by atoms with E-state index in [-0.39, 0.29) is 11.3 Å². The van der Waals surface area contributed by atoms with Gasteiger partial charge in [-0.25, -0.2) is 5.43 Å². The van der Waals surface area contributed by atoms with Gasteiger partial charge in [0.1, 0.15) is 12.4 Å². The average molecular weight is 535 g/mol. The topological polar surface area (TPSA) is 109 Å². The van der Waals surface area contributed by atoms with Crippen molar-refractivity contribution in [3.63, 3.8) is 0 Å². The summed E-state index contributed by atoms with van der Waals surface area (Å²) in [6.45, 7) is 5.85. The van der Waals surface area contributed by atoms with Crippen molar-refractivity contribution in [2.75, 3.05) is 17.2 Å². The number of hydrogen-bond donors (Lipinski definition) is 3. The lowest BCUT2D eigenvalue weighted by molar-refractivity contribution is -0.136. The van der Waals surface area contributed by atoms with Gasteiger partial charge in [0.15, 0.2) is 0 Å². The van der Waals surface area contributed by atoms with Crippen LogP contribution >= 0.6 is 15.9 Å². The van der Waals surface area contributed by atoms with Gasteiger partial charge in [-0.1, -0.05) is 58.4 Å². The van der Waals surface area contributed by atoms with Crippen LogP contribution in [0.4, 0.5) is 11.4 Å². The number of hydrogen-bond acceptors (Lipinski definition) is 5. The number of anilines is 2. The quantitative estimate of drug-likeness (QED) is 0.169. The maximum absolute atomic E-state index is 12.7. The molecular weight excluding hydrogens is 512 g/mol. The van der Waals surface area contributed by atoms with Gasteiger partial charge < -0.3 is 15.4 Å². The summed E-state index contributed by atoms with van der Waals surface area (Å²) in [5.74, 6) is -1.87. The van der Waals surface area contributed by atoms with Crippen LogP contribution in [0, 0.1) is 6.92 Å². The van der Waals surface area contributed by atoms with E-state index >= 15 is 0 Å². The van der Waals surface area contributed by atoms with Gasteiger partial charge in [0, 0.05) is 15.7 Å². The molecule has 0 spiro atoms. The molecule has 3 amide bonds. The van der Waals surface area contributed by atoms with Crippen LogP contribution in [-0.2, 0) is 9.59 Å². The number of para-hydroxylation sites is 1. The van der Waals surface area contributed by atoms with E-state index < -0.39 is 17.7 Å². The summed E-state index contributed by atoms with van der Waals surface area (Å²) in [5.41, 5.74) is 4.82. The molecule has 0 saturated carbocycles. The average Bonchev–Trinajstić information content (AvgIpc) is 2.85. The molecule has 3 aromatic carbocycles. The highest BCUT2D eigenvalue weighted by atomic mass is 79.9. The predicted molar refractivity (Wildman–Crippen MR) is 140 cm³/mol. The monoisotopic (exact) mass is 534 g/mol. The van der Waals surface area contributed by atoms with Crippen molar-refractivity contribution in [3.8, 4) is 5.75 Å². The first-order valence-corrected chi connectivity index (χ1v) is 11.3. The minimum absolute atomic E-state index is 0.188. The third kappa shape index (κ3) is 7.38. The molecule has 0 radical (unpaired) electrons. The minimum Gasteiger partial charge on any atom is -0.489 e. The van der Waals surface area contributed by atoms with Crippen LogP contribution in [0.15, 0.2) is 89.0 Å². The fourth-order valence-electron chi connectivity index (χ4n) is 2.92. The number of amides is 3. The second-order valence-corrected chi connectivity index (χ2v) is 8.22. The second kappa shape index (κ2) is 12.3. The molecular formula is C26H23BrN4O4. The third-order valence-electron chi connectivity index (χ3n) is 4.63. The smallest absolute Gasteiger partial charge is 0.329 e. The van der Waals surface area contributed by atoms with Crippen LogP contribution < -0.4 is 20.8 Å². The Morgan fingerprint density at radius 2 is 1.74 bits per heavy atom. The number of carbonyl (C=O) groups is 3. The molecule has 9 heteroatoms. The van der Waals surface area contributed by atoms with E-state index in [0.29, 0.717) is 23.6 Å². The zero-order valence-corrected chi connectivity index (χ0v) is 20.5. The van der Waals surface area contributed by atoms with Crippen molar-refractivity contribution < 1.29 is 19.1 Å². The van der Waals surface area contributed by atoms with Gasteiger partial charge in [0.2, 0.25) is 0 Å². The van der Waals surface area contributed by atoms with Crippen LogP contribution in [-0.4, -0.2) is 30.5 Å². The second-order valence-electron chi connectivity index (χ2n) is 7.30. The van der Waals surface area contributed by atoms with Gasteiger partial charge >= 0.3 is 11.8 Å². The molecule has 0 unspecified atom stereocenters. The Hall–Kier alpha value is -4.24. The Kier molecular flexibility index (Phi) is 8.91. The molecule has 0 aromatic heterocycles. The van der Waals surface area contributed by atoms with Gasteiger partial charge in [0.05, 0.1) is 17.5 Å². The number of aryl methyl sites for hydroxylation is 1. The first-order valence-electron chi connectivity index (χ1n) is 10.5. The van der Waals surface area contributed by atoms with E-state index in [0.717, 1.165) is 10.0 Å². The summed E-state index contributed by atoms with van der Waals surface area (Å²) in [4.78, 5) is 37.4. The number of benzene rings is 3. The summed E-state index contributed by atoms with van der Waals surface area (Å²) >= 11 is 3.37. The molecule has 0 fully saturated rings. The fourth-order valence-corrected chi connectivity index (χ4v) is 3.29. The van der Waals surface area contributed by atoms with Crippen LogP contribution in [0.3, 0.4) is 0 Å². The number of ether oxygens (including phenoxy) is 1. The van der Waals surface area contributed by atoms with E-state index in [2.05, 4.69) is 43.7 Å². The Bertz CT molecular complexity index is 1270. The maximum atomic E-state index is 12.7. The molecule has 3 rings (SSSR count). The highest BCUT2D eigenvalue weighted by molar-refractivity contribution is 9.10. The van der Waals surface area contributed by atoms with E-state index in [4.69, 9.17) is 4.74 Å². The van der Waals surface area contributed by atoms with Crippen LogP contribution in [0.5, 0.6) is 5.75 Å². The van der Waals surface area contributed by atoms with E-state index in [1.54, 1.807) is 54.6 Å². The summed E-state index contributed by atoms with van der Waals surface area (Å²) < 4.78 is 6.34. The van der Waals surface area contributed by atoms with Crippen LogP contribution in [0.25, 0.3) is 0 Å². The van der Waals surface area contributed by atoms with Crippen molar-refractivity contribution >= 4 is 51.2 Å². The molecule has 0 heterocycles. The number of rotatable bonds is 8. The number of carbonyl (C=O) groups excluding carboxylic acids is 3. The van der Waals surface area contributed by atoms with Gasteiger partial charge in [0.25, 0.3) is 5.91 Å². The Morgan fingerprint density at radius 1 is 1.00 bits per heavy atom. The van der Waals surface area contributed by atoms with Gasteiger partial charge in [-0.15, -0.1) is 0 Å². The van der Waals surface area contributed by atoms with Gasteiger partial charge in [-0.3, -0.25) is 14.4 Å². The summed E-state index contributed by atoms with van der Waals surface area (Å²) in [6, 6.07) is 19.0. The molecule has 8 nitrogen and oxygen atoms in total.